The van der Waals surface area contributed by atoms with E-state index in [0.29, 0.717) is 11.4 Å². The molecule has 20 heavy (non-hydrogen) atoms. The molecule has 0 saturated heterocycles. The van der Waals surface area contributed by atoms with Crippen LogP contribution in [0.25, 0.3) is 0 Å². The molecule has 0 aliphatic rings. The van der Waals surface area contributed by atoms with Gasteiger partial charge in [0, 0.05) is 5.69 Å². The van der Waals surface area contributed by atoms with Gasteiger partial charge in [0.1, 0.15) is 11.8 Å². The van der Waals surface area contributed by atoms with E-state index in [4.69, 9.17) is 9.68 Å². The van der Waals surface area contributed by atoms with Gasteiger partial charge in [0.15, 0.2) is 0 Å². The molecule has 0 bridgehead atoms. The van der Waals surface area contributed by atoms with Crippen LogP contribution in [-0.4, -0.2) is 0 Å². The number of halogens is 3. The Bertz CT molecular complexity index is 653. The van der Waals surface area contributed by atoms with Gasteiger partial charge in [0.2, 0.25) is 5.76 Å². The minimum Gasteiger partial charge on any atom is -0.449 e. The van der Waals surface area contributed by atoms with Crippen LogP contribution < -0.4 is 5.32 Å². The molecule has 1 aromatic carbocycles. The number of benzene rings is 1. The standard InChI is InChI=1S/C14H11F3N2O/c1-9-2-3-10(6-13(9)14(15,16)17)19-8-12-5-4-11(7-18)20-12/h2-6,19H,8H2,1H3. The minimum atomic E-state index is -4.37. The Kier molecular flexibility index (Phi) is 3.70. The summed E-state index contributed by atoms with van der Waals surface area (Å²) in [6.45, 7) is 1.63. The summed E-state index contributed by atoms with van der Waals surface area (Å²) in [5, 5.41) is 11.4. The summed E-state index contributed by atoms with van der Waals surface area (Å²) in [4.78, 5) is 0. The van der Waals surface area contributed by atoms with E-state index in [9.17, 15) is 13.2 Å². The summed E-state index contributed by atoms with van der Waals surface area (Å²) in [7, 11) is 0. The average molecular weight is 280 g/mol. The van der Waals surface area contributed by atoms with Crippen molar-refractivity contribution < 1.29 is 17.6 Å². The van der Waals surface area contributed by atoms with E-state index in [1.165, 1.54) is 19.1 Å². The lowest BCUT2D eigenvalue weighted by Crippen LogP contribution is -2.08. The first-order chi connectivity index (χ1) is 9.40. The predicted molar refractivity (Wildman–Crippen MR) is 66.9 cm³/mol. The highest BCUT2D eigenvalue weighted by atomic mass is 19.4. The fourth-order valence-electron chi connectivity index (χ4n) is 1.76. The molecule has 0 saturated carbocycles. The molecule has 0 amide bonds. The van der Waals surface area contributed by atoms with Gasteiger partial charge in [-0.2, -0.15) is 18.4 Å². The first kappa shape index (κ1) is 14.0. The number of alkyl halides is 3. The molecule has 0 aliphatic heterocycles. The Balaban J connectivity index is 2.12. The van der Waals surface area contributed by atoms with Crippen molar-refractivity contribution in [3.05, 3.63) is 53.0 Å². The van der Waals surface area contributed by atoms with Gasteiger partial charge in [0.05, 0.1) is 12.1 Å². The van der Waals surface area contributed by atoms with E-state index in [2.05, 4.69) is 5.32 Å². The van der Waals surface area contributed by atoms with Gasteiger partial charge in [-0.05, 0) is 36.8 Å². The summed E-state index contributed by atoms with van der Waals surface area (Å²) >= 11 is 0. The van der Waals surface area contributed by atoms with Crippen molar-refractivity contribution in [2.24, 2.45) is 0 Å². The number of furan rings is 1. The first-order valence-electron chi connectivity index (χ1n) is 5.80. The number of aryl methyl sites for hydroxylation is 1. The van der Waals surface area contributed by atoms with Crippen molar-refractivity contribution in [2.75, 3.05) is 5.32 Å². The van der Waals surface area contributed by atoms with Gasteiger partial charge in [-0.1, -0.05) is 6.07 Å². The molecule has 0 fully saturated rings. The van der Waals surface area contributed by atoms with E-state index in [-0.39, 0.29) is 17.9 Å². The van der Waals surface area contributed by atoms with Crippen molar-refractivity contribution in [1.29, 1.82) is 5.26 Å². The number of rotatable bonds is 3. The van der Waals surface area contributed by atoms with Crippen LogP contribution in [0.15, 0.2) is 34.7 Å². The SMILES string of the molecule is Cc1ccc(NCc2ccc(C#N)o2)cc1C(F)(F)F. The molecule has 0 spiro atoms. The van der Waals surface area contributed by atoms with E-state index in [1.54, 1.807) is 12.1 Å². The van der Waals surface area contributed by atoms with Gasteiger partial charge < -0.3 is 9.73 Å². The highest BCUT2D eigenvalue weighted by molar-refractivity contribution is 5.49. The Hall–Kier alpha value is -2.42. The van der Waals surface area contributed by atoms with Crippen molar-refractivity contribution >= 4 is 5.69 Å². The smallest absolute Gasteiger partial charge is 0.416 e. The van der Waals surface area contributed by atoms with Crippen molar-refractivity contribution in [3.8, 4) is 6.07 Å². The maximum Gasteiger partial charge on any atom is 0.416 e. The Morgan fingerprint density at radius 1 is 1.25 bits per heavy atom. The van der Waals surface area contributed by atoms with Crippen LogP contribution in [0.5, 0.6) is 0 Å². The molecule has 2 rings (SSSR count). The van der Waals surface area contributed by atoms with Gasteiger partial charge in [0.25, 0.3) is 0 Å². The van der Waals surface area contributed by atoms with Crippen LogP contribution in [0.3, 0.4) is 0 Å². The van der Waals surface area contributed by atoms with Crippen LogP contribution in [0.1, 0.15) is 22.6 Å². The van der Waals surface area contributed by atoms with E-state index >= 15 is 0 Å². The maximum absolute atomic E-state index is 12.8. The zero-order valence-electron chi connectivity index (χ0n) is 10.6. The first-order valence-corrected chi connectivity index (χ1v) is 5.80. The fraction of sp³-hybridized carbons (Fsp3) is 0.214. The lowest BCUT2D eigenvalue weighted by Gasteiger charge is -2.12. The second-order valence-electron chi connectivity index (χ2n) is 4.26. The highest BCUT2D eigenvalue weighted by Crippen LogP contribution is 2.33. The van der Waals surface area contributed by atoms with Crippen LogP contribution in [0.4, 0.5) is 18.9 Å². The number of hydrogen-bond acceptors (Lipinski definition) is 3. The molecule has 1 heterocycles. The van der Waals surface area contributed by atoms with E-state index in [1.807, 2.05) is 6.07 Å². The Labute approximate surface area is 113 Å². The predicted octanol–water partition coefficient (Wildman–Crippen LogP) is 4.09. The molecular weight excluding hydrogens is 269 g/mol. The summed E-state index contributed by atoms with van der Waals surface area (Å²) in [5.41, 5.74) is -0.148. The zero-order valence-corrected chi connectivity index (χ0v) is 10.6. The lowest BCUT2D eigenvalue weighted by molar-refractivity contribution is -0.138. The molecule has 0 unspecified atom stereocenters. The third-order valence-electron chi connectivity index (χ3n) is 2.78. The lowest BCUT2D eigenvalue weighted by atomic mass is 10.1. The van der Waals surface area contributed by atoms with Crippen molar-refractivity contribution in [1.82, 2.24) is 0 Å². The molecule has 2 aromatic rings. The summed E-state index contributed by atoms with van der Waals surface area (Å²) in [6.07, 6.45) is -4.37. The number of nitrogens with one attached hydrogen (secondary N) is 1. The molecule has 0 aliphatic carbocycles. The van der Waals surface area contributed by atoms with Gasteiger partial charge >= 0.3 is 6.18 Å². The summed E-state index contributed by atoms with van der Waals surface area (Å²) < 4.78 is 43.4. The van der Waals surface area contributed by atoms with E-state index < -0.39 is 11.7 Å². The van der Waals surface area contributed by atoms with Crippen LogP contribution in [-0.2, 0) is 12.7 Å². The third kappa shape index (κ3) is 3.12. The molecule has 0 radical (unpaired) electrons. The van der Waals surface area contributed by atoms with Crippen LogP contribution >= 0.6 is 0 Å². The normalized spacial score (nSPS) is 11.2. The van der Waals surface area contributed by atoms with Crippen LogP contribution in [0.2, 0.25) is 0 Å². The fourth-order valence-corrected chi connectivity index (χ4v) is 1.76. The molecule has 1 aromatic heterocycles. The molecule has 1 N–H and O–H groups in total. The third-order valence-corrected chi connectivity index (χ3v) is 2.78. The molecular formula is C14H11F3N2O. The monoisotopic (exact) mass is 280 g/mol. The molecule has 0 atom stereocenters. The number of hydrogen-bond donors (Lipinski definition) is 1. The molecule has 6 heteroatoms. The van der Waals surface area contributed by atoms with Crippen LogP contribution in [0, 0.1) is 18.3 Å². The summed E-state index contributed by atoms with van der Waals surface area (Å²) in [5.74, 6) is 0.650. The molecule has 3 nitrogen and oxygen atoms in total. The maximum atomic E-state index is 12.8. The van der Waals surface area contributed by atoms with Gasteiger partial charge in [-0.15, -0.1) is 0 Å². The minimum absolute atomic E-state index is 0.168. The number of anilines is 1. The average Bonchev–Trinajstić information content (AvgIpc) is 2.84. The quantitative estimate of drug-likeness (QED) is 0.921. The summed E-state index contributed by atoms with van der Waals surface area (Å²) in [6, 6.07) is 8.99. The van der Waals surface area contributed by atoms with Gasteiger partial charge in [-0.3, -0.25) is 0 Å². The zero-order chi connectivity index (χ0) is 14.8. The highest BCUT2D eigenvalue weighted by Gasteiger charge is 2.32. The Morgan fingerprint density at radius 2 is 2.00 bits per heavy atom. The topological polar surface area (TPSA) is 49.0 Å². The van der Waals surface area contributed by atoms with Crippen molar-refractivity contribution in [2.45, 2.75) is 19.6 Å². The Morgan fingerprint density at radius 3 is 2.60 bits per heavy atom. The number of nitriles is 1. The second kappa shape index (κ2) is 5.29. The van der Waals surface area contributed by atoms with E-state index in [0.717, 1.165) is 6.07 Å². The second-order valence-corrected chi connectivity index (χ2v) is 4.26. The largest absolute Gasteiger partial charge is 0.449 e. The van der Waals surface area contributed by atoms with Gasteiger partial charge in [-0.25, -0.2) is 0 Å². The van der Waals surface area contributed by atoms with Crippen molar-refractivity contribution in [3.63, 3.8) is 0 Å². The molecule has 104 valence electrons. The number of nitrogens with zero attached hydrogens (tertiary/aromatic N) is 1.